The summed E-state index contributed by atoms with van der Waals surface area (Å²) in [4.78, 5) is 48.8. The average Bonchev–Trinajstić information content (AvgIpc) is 3.03. The minimum absolute atomic E-state index is 0.0673. The summed E-state index contributed by atoms with van der Waals surface area (Å²) in [5.41, 5.74) is -0.663. The normalized spacial score (nSPS) is 39.3. The number of rotatable bonds is 4. The number of fused-ring (bicyclic) bond motifs is 2. The summed E-state index contributed by atoms with van der Waals surface area (Å²) in [6.07, 6.45) is -1.75. The number of carbonyl (C=O) groups is 4. The highest BCUT2D eigenvalue weighted by Crippen LogP contribution is 2.59. The van der Waals surface area contributed by atoms with Gasteiger partial charge in [-0.1, -0.05) is 34.3 Å². The first-order valence-electron chi connectivity index (χ1n) is 10.8. The fraction of sp³-hybridized carbons (Fsp3) is 0.739. The van der Waals surface area contributed by atoms with Crippen LogP contribution < -0.4 is 0 Å². The molecule has 0 unspecified atom stereocenters. The van der Waals surface area contributed by atoms with E-state index in [2.05, 4.69) is 6.58 Å². The number of ether oxygens (including phenoxy) is 4. The molecule has 8 heteroatoms. The quantitative estimate of drug-likeness (QED) is 0.376. The number of hydrogen-bond acceptors (Lipinski definition) is 8. The van der Waals surface area contributed by atoms with Gasteiger partial charge in [0.2, 0.25) is 0 Å². The Labute approximate surface area is 182 Å². The Bertz CT molecular complexity index is 801. The molecule has 0 amide bonds. The summed E-state index contributed by atoms with van der Waals surface area (Å²) >= 11 is 0. The second kappa shape index (κ2) is 8.28. The van der Waals surface area contributed by atoms with Crippen LogP contribution in [0.1, 0.15) is 54.4 Å². The summed E-state index contributed by atoms with van der Waals surface area (Å²) in [7, 11) is 0. The van der Waals surface area contributed by atoms with Crippen LogP contribution in [0.4, 0.5) is 0 Å². The molecule has 2 aliphatic carbocycles. The molecule has 31 heavy (non-hydrogen) atoms. The van der Waals surface area contributed by atoms with Gasteiger partial charge in [0.05, 0.1) is 11.8 Å². The van der Waals surface area contributed by atoms with Crippen molar-refractivity contribution in [2.24, 2.45) is 29.1 Å². The van der Waals surface area contributed by atoms with Crippen molar-refractivity contribution in [3.8, 4) is 0 Å². The van der Waals surface area contributed by atoms with Crippen LogP contribution in [0.25, 0.3) is 0 Å². The van der Waals surface area contributed by atoms with E-state index < -0.39 is 53.7 Å². The predicted octanol–water partition coefficient (Wildman–Crippen LogP) is 2.58. The largest absolute Gasteiger partial charge is 0.462 e. The van der Waals surface area contributed by atoms with Gasteiger partial charge in [-0.15, -0.1) is 0 Å². The molecule has 1 saturated heterocycles. The monoisotopic (exact) mass is 436 g/mol. The van der Waals surface area contributed by atoms with Gasteiger partial charge in [0.1, 0.15) is 24.4 Å². The zero-order valence-corrected chi connectivity index (χ0v) is 19.0. The minimum atomic E-state index is -0.908. The van der Waals surface area contributed by atoms with Crippen molar-refractivity contribution in [1.29, 1.82) is 0 Å². The highest BCUT2D eigenvalue weighted by molar-refractivity contribution is 5.91. The Kier molecular flexibility index (Phi) is 6.22. The van der Waals surface area contributed by atoms with Crippen molar-refractivity contribution in [2.45, 2.75) is 78.8 Å². The molecule has 0 radical (unpaired) electrons. The summed E-state index contributed by atoms with van der Waals surface area (Å²) in [6.45, 7) is 13.9. The first kappa shape index (κ1) is 23.3. The Hall–Kier alpha value is -2.38. The molecule has 1 heterocycles. The maximum absolute atomic E-state index is 12.5. The van der Waals surface area contributed by atoms with Gasteiger partial charge in [0.15, 0.2) is 0 Å². The van der Waals surface area contributed by atoms with Crippen LogP contribution in [-0.4, -0.2) is 48.3 Å². The number of carbonyl (C=O) groups excluding carboxylic acids is 4. The van der Waals surface area contributed by atoms with Gasteiger partial charge in [0.25, 0.3) is 0 Å². The molecule has 8 nitrogen and oxygen atoms in total. The minimum Gasteiger partial charge on any atom is -0.462 e. The van der Waals surface area contributed by atoms with Gasteiger partial charge in [0, 0.05) is 37.2 Å². The molecule has 3 rings (SSSR count). The Morgan fingerprint density at radius 3 is 2.26 bits per heavy atom. The van der Waals surface area contributed by atoms with Gasteiger partial charge >= 0.3 is 23.9 Å². The zero-order valence-electron chi connectivity index (χ0n) is 19.0. The second-order valence-corrected chi connectivity index (χ2v) is 9.59. The summed E-state index contributed by atoms with van der Waals surface area (Å²) in [5.74, 6) is -3.07. The lowest BCUT2D eigenvalue weighted by Crippen LogP contribution is -2.52. The maximum Gasteiger partial charge on any atom is 0.334 e. The van der Waals surface area contributed by atoms with E-state index in [1.54, 1.807) is 13.8 Å². The fourth-order valence-electron chi connectivity index (χ4n) is 5.86. The van der Waals surface area contributed by atoms with E-state index in [9.17, 15) is 19.2 Å². The van der Waals surface area contributed by atoms with Crippen molar-refractivity contribution in [1.82, 2.24) is 0 Å². The van der Waals surface area contributed by atoms with Gasteiger partial charge in [-0.2, -0.15) is 0 Å². The van der Waals surface area contributed by atoms with Crippen molar-refractivity contribution < 1.29 is 38.1 Å². The Balaban J connectivity index is 2.13. The molecule has 0 bridgehead atoms. The van der Waals surface area contributed by atoms with E-state index in [1.165, 1.54) is 13.8 Å². The van der Waals surface area contributed by atoms with Crippen LogP contribution in [0.2, 0.25) is 0 Å². The Morgan fingerprint density at radius 1 is 1.10 bits per heavy atom. The first-order valence-corrected chi connectivity index (χ1v) is 10.8. The summed E-state index contributed by atoms with van der Waals surface area (Å²) < 4.78 is 23.0. The lowest BCUT2D eigenvalue weighted by molar-refractivity contribution is -0.179. The molecule has 0 aromatic rings. The maximum atomic E-state index is 12.5. The highest BCUT2D eigenvalue weighted by Gasteiger charge is 2.67. The molecule has 8 atom stereocenters. The fourth-order valence-corrected chi connectivity index (χ4v) is 5.86. The molecular formula is C23H32O8. The standard InChI is InChI=1S/C23H32O8/c1-10(2)21(26)31-16-9-17(28-13(5)24)23(7)19(16)11(3)8-15-18(12(4)22(27)30-15)20(23)29-14(6)25/h10-11,15-20H,4,8-9H2,1-3,5-7H3/t11-,15+,16+,17-,18-,19-,20+,23-/m1/s1. The lowest BCUT2D eigenvalue weighted by Gasteiger charge is -2.44. The number of esters is 4. The summed E-state index contributed by atoms with van der Waals surface area (Å²) in [6, 6.07) is 0. The SMILES string of the molecule is C=C1C(=O)O[C@H]2C[C@@H](C)[C@@H]3[C@@H](OC(=O)C(C)C)C[C@@H](OC(C)=O)[C@@]3(C)[C@@H](OC(C)=O)[C@H]12. The molecular weight excluding hydrogens is 404 g/mol. The van der Waals surface area contributed by atoms with Crippen molar-refractivity contribution in [3.05, 3.63) is 12.2 Å². The van der Waals surface area contributed by atoms with Crippen LogP contribution >= 0.6 is 0 Å². The van der Waals surface area contributed by atoms with Crippen molar-refractivity contribution >= 4 is 23.9 Å². The molecule has 2 saturated carbocycles. The first-order chi connectivity index (χ1) is 14.4. The van der Waals surface area contributed by atoms with Crippen LogP contribution in [0.15, 0.2) is 12.2 Å². The number of hydrogen-bond donors (Lipinski definition) is 0. The molecule has 0 N–H and O–H groups in total. The predicted molar refractivity (Wildman–Crippen MR) is 108 cm³/mol. The average molecular weight is 437 g/mol. The third-order valence-electron chi connectivity index (χ3n) is 7.08. The highest BCUT2D eigenvalue weighted by atomic mass is 16.6. The smallest absolute Gasteiger partial charge is 0.334 e. The van der Waals surface area contributed by atoms with E-state index in [4.69, 9.17) is 18.9 Å². The zero-order chi connectivity index (χ0) is 23.2. The van der Waals surface area contributed by atoms with E-state index in [0.29, 0.717) is 12.8 Å². The van der Waals surface area contributed by atoms with Crippen LogP contribution in [0, 0.1) is 29.1 Å². The molecule has 1 aliphatic heterocycles. The van der Waals surface area contributed by atoms with Gasteiger partial charge in [-0.3, -0.25) is 14.4 Å². The molecule has 0 aromatic heterocycles. The van der Waals surface area contributed by atoms with Crippen LogP contribution in [0.5, 0.6) is 0 Å². The molecule has 3 fully saturated rings. The van der Waals surface area contributed by atoms with E-state index in [0.717, 1.165) is 0 Å². The van der Waals surface area contributed by atoms with E-state index in [1.807, 2.05) is 13.8 Å². The molecule has 172 valence electrons. The van der Waals surface area contributed by atoms with Crippen LogP contribution in [0.3, 0.4) is 0 Å². The van der Waals surface area contributed by atoms with Gasteiger partial charge in [-0.25, -0.2) is 4.79 Å². The van der Waals surface area contributed by atoms with Crippen molar-refractivity contribution in [3.63, 3.8) is 0 Å². The molecule has 3 aliphatic rings. The lowest BCUT2D eigenvalue weighted by atomic mass is 9.66. The van der Waals surface area contributed by atoms with Crippen molar-refractivity contribution in [2.75, 3.05) is 0 Å². The van der Waals surface area contributed by atoms with Crippen LogP contribution in [-0.2, 0) is 38.1 Å². The summed E-state index contributed by atoms with van der Waals surface area (Å²) in [5, 5.41) is 0. The Morgan fingerprint density at radius 2 is 1.71 bits per heavy atom. The second-order valence-electron chi connectivity index (χ2n) is 9.59. The third-order valence-corrected chi connectivity index (χ3v) is 7.08. The van der Waals surface area contributed by atoms with E-state index >= 15 is 0 Å². The molecule has 0 spiro atoms. The third kappa shape index (κ3) is 3.96. The molecule has 0 aromatic carbocycles. The van der Waals surface area contributed by atoms with E-state index in [-0.39, 0.29) is 29.3 Å². The topological polar surface area (TPSA) is 105 Å². The van der Waals surface area contributed by atoms with Gasteiger partial charge < -0.3 is 18.9 Å². The van der Waals surface area contributed by atoms with Gasteiger partial charge in [-0.05, 0) is 12.3 Å².